The lowest BCUT2D eigenvalue weighted by Crippen LogP contribution is -2.40. The summed E-state index contributed by atoms with van der Waals surface area (Å²) in [5, 5.41) is 11.7. The van der Waals surface area contributed by atoms with Crippen molar-refractivity contribution in [3.8, 4) is 0 Å². The molecule has 0 spiro atoms. The molecular weight excluding hydrogens is 310 g/mol. The highest BCUT2D eigenvalue weighted by molar-refractivity contribution is 7.80. The molecule has 1 saturated heterocycles. The monoisotopic (exact) mass is 329 g/mol. The number of thiol groups is 1. The Morgan fingerprint density at radius 3 is 2.61 bits per heavy atom. The summed E-state index contributed by atoms with van der Waals surface area (Å²) in [4.78, 5) is 25.2. The molecule has 0 saturated carbocycles. The first-order valence-corrected chi connectivity index (χ1v) is 8.35. The SMILES string of the molecule is O=C(O)[C@@H]1C[C@H](c2ccc3ccccc3c2)CN1C(=O)CCS. The molecule has 3 rings (SSSR count). The molecule has 1 heterocycles. The second kappa shape index (κ2) is 6.62. The van der Waals surface area contributed by atoms with E-state index in [1.807, 2.05) is 24.3 Å². The zero-order valence-electron chi connectivity index (χ0n) is 12.7. The molecule has 2 atom stereocenters. The van der Waals surface area contributed by atoms with E-state index in [4.69, 9.17) is 0 Å². The number of carboxylic acid groups (broad SMARTS) is 1. The molecular formula is C18H19NO3S. The van der Waals surface area contributed by atoms with Crippen LogP contribution in [-0.2, 0) is 9.59 Å². The van der Waals surface area contributed by atoms with Crippen molar-refractivity contribution in [3.63, 3.8) is 0 Å². The maximum Gasteiger partial charge on any atom is 0.326 e. The molecule has 5 heteroatoms. The first-order chi connectivity index (χ1) is 11.1. The van der Waals surface area contributed by atoms with Crippen molar-refractivity contribution in [1.82, 2.24) is 4.90 Å². The van der Waals surface area contributed by atoms with Crippen molar-refractivity contribution < 1.29 is 14.7 Å². The first-order valence-electron chi connectivity index (χ1n) is 7.72. The highest BCUT2D eigenvalue weighted by atomic mass is 32.1. The number of amides is 1. The van der Waals surface area contributed by atoms with E-state index in [0.29, 0.717) is 18.7 Å². The van der Waals surface area contributed by atoms with E-state index in [1.54, 1.807) is 0 Å². The number of nitrogens with zero attached hydrogens (tertiary/aromatic N) is 1. The molecule has 1 N–H and O–H groups in total. The predicted molar refractivity (Wildman–Crippen MR) is 92.9 cm³/mol. The lowest BCUT2D eigenvalue weighted by molar-refractivity contribution is -0.148. The van der Waals surface area contributed by atoms with E-state index in [0.717, 1.165) is 16.3 Å². The Labute approximate surface area is 140 Å². The van der Waals surface area contributed by atoms with Crippen molar-refractivity contribution in [2.45, 2.75) is 24.8 Å². The zero-order valence-corrected chi connectivity index (χ0v) is 13.6. The molecule has 4 nitrogen and oxygen atoms in total. The van der Waals surface area contributed by atoms with E-state index >= 15 is 0 Å². The Bertz CT molecular complexity index is 746. The van der Waals surface area contributed by atoms with Gasteiger partial charge < -0.3 is 10.0 Å². The molecule has 0 aliphatic carbocycles. The highest BCUT2D eigenvalue weighted by Gasteiger charge is 2.39. The Morgan fingerprint density at radius 1 is 1.17 bits per heavy atom. The number of benzene rings is 2. The van der Waals surface area contributed by atoms with Crippen LogP contribution in [0.4, 0.5) is 0 Å². The van der Waals surface area contributed by atoms with Crippen molar-refractivity contribution in [1.29, 1.82) is 0 Å². The topological polar surface area (TPSA) is 57.6 Å². The van der Waals surface area contributed by atoms with Crippen molar-refractivity contribution in [2.75, 3.05) is 12.3 Å². The molecule has 2 aromatic carbocycles. The van der Waals surface area contributed by atoms with Crippen LogP contribution in [0, 0.1) is 0 Å². The maximum atomic E-state index is 12.2. The highest BCUT2D eigenvalue weighted by Crippen LogP contribution is 2.33. The van der Waals surface area contributed by atoms with Gasteiger partial charge in [0.05, 0.1) is 0 Å². The van der Waals surface area contributed by atoms with Gasteiger partial charge in [0, 0.05) is 18.9 Å². The summed E-state index contributed by atoms with van der Waals surface area (Å²) in [7, 11) is 0. The molecule has 0 aromatic heterocycles. The van der Waals surface area contributed by atoms with Gasteiger partial charge in [-0.3, -0.25) is 4.79 Å². The average Bonchev–Trinajstić information content (AvgIpc) is 3.00. The minimum atomic E-state index is -0.930. The summed E-state index contributed by atoms with van der Waals surface area (Å²) < 4.78 is 0. The third-order valence-corrected chi connectivity index (χ3v) is 4.70. The van der Waals surface area contributed by atoms with Crippen LogP contribution in [0.3, 0.4) is 0 Å². The van der Waals surface area contributed by atoms with E-state index in [9.17, 15) is 14.7 Å². The van der Waals surface area contributed by atoms with Crippen LogP contribution in [0.1, 0.15) is 24.3 Å². The fourth-order valence-corrected chi connectivity index (χ4v) is 3.48. The van der Waals surface area contributed by atoms with Gasteiger partial charge in [-0.2, -0.15) is 12.6 Å². The first kappa shape index (κ1) is 15.9. The number of likely N-dealkylation sites (tertiary alicyclic amines) is 1. The van der Waals surface area contributed by atoms with Crippen LogP contribution in [0.2, 0.25) is 0 Å². The van der Waals surface area contributed by atoms with Crippen LogP contribution in [-0.4, -0.2) is 40.2 Å². The summed E-state index contributed by atoms with van der Waals surface area (Å²) in [5.74, 6) is -0.566. The van der Waals surface area contributed by atoms with Crippen molar-refractivity contribution >= 4 is 35.3 Å². The van der Waals surface area contributed by atoms with Crippen LogP contribution in [0.5, 0.6) is 0 Å². The smallest absolute Gasteiger partial charge is 0.326 e. The normalized spacial score (nSPS) is 20.8. The number of carbonyl (C=O) groups excluding carboxylic acids is 1. The molecule has 0 bridgehead atoms. The van der Waals surface area contributed by atoms with Crippen LogP contribution in [0.25, 0.3) is 10.8 Å². The fourth-order valence-electron chi connectivity index (χ4n) is 3.29. The molecule has 23 heavy (non-hydrogen) atoms. The Balaban J connectivity index is 1.87. The number of carbonyl (C=O) groups is 2. The van der Waals surface area contributed by atoms with Gasteiger partial charge in [0.1, 0.15) is 6.04 Å². The van der Waals surface area contributed by atoms with Crippen LogP contribution < -0.4 is 0 Å². The lowest BCUT2D eigenvalue weighted by atomic mass is 9.94. The largest absolute Gasteiger partial charge is 0.480 e. The van der Waals surface area contributed by atoms with E-state index in [2.05, 4.69) is 30.8 Å². The standard InChI is InChI=1S/C18H19NO3S/c20-17(7-8-23)19-11-15(10-16(19)18(21)22)14-6-5-12-3-1-2-4-13(12)9-14/h1-6,9,15-16,23H,7-8,10-11H2,(H,21,22)/t15-,16-/m0/s1. The molecule has 1 aliphatic heterocycles. The second-order valence-electron chi connectivity index (χ2n) is 5.91. The number of fused-ring (bicyclic) bond motifs is 1. The third-order valence-electron chi connectivity index (χ3n) is 4.48. The van der Waals surface area contributed by atoms with Gasteiger partial charge in [-0.25, -0.2) is 4.79 Å². The van der Waals surface area contributed by atoms with E-state index in [1.165, 1.54) is 4.90 Å². The molecule has 120 valence electrons. The molecule has 1 amide bonds. The third kappa shape index (κ3) is 3.20. The van der Waals surface area contributed by atoms with Gasteiger partial charge >= 0.3 is 5.97 Å². The van der Waals surface area contributed by atoms with Gasteiger partial charge in [-0.15, -0.1) is 0 Å². The molecule has 1 fully saturated rings. The number of carboxylic acids is 1. The van der Waals surface area contributed by atoms with Crippen molar-refractivity contribution in [2.24, 2.45) is 0 Å². The van der Waals surface area contributed by atoms with Gasteiger partial charge in [-0.1, -0.05) is 42.5 Å². The summed E-state index contributed by atoms with van der Waals surface area (Å²) >= 11 is 4.07. The van der Waals surface area contributed by atoms with E-state index in [-0.39, 0.29) is 18.2 Å². The van der Waals surface area contributed by atoms with Crippen molar-refractivity contribution in [3.05, 3.63) is 48.0 Å². The number of hydrogen-bond donors (Lipinski definition) is 2. The number of aliphatic carboxylic acids is 1. The second-order valence-corrected chi connectivity index (χ2v) is 6.36. The van der Waals surface area contributed by atoms with Crippen LogP contribution in [0.15, 0.2) is 42.5 Å². The lowest BCUT2D eigenvalue weighted by Gasteiger charge is -2.21. The predicted octanol–water partition coefficient (Wildman–Crippen LogP) is 2.93. The molecule has 0 unspecified atom stereocenters. The Kier molecular flexibility index (Phi) is 4.57. The minimum absolute atomic E-state index is 0.0598. The van der Waals surface area contributed by atoms with Gasteiger partial charge in [-0.05, 0) is 28.5 Å². The minimum Gasteiger partial charge on any atom is -0.480 e. The number of hydrogen-bond acceptors (Lipinski definition) is 3. The van der Waals surface area contributed by atoms with Gasteiger partial charge in [0.2, 0.25) is 5.91 Å². The molecule has 0 radical (unpaired) electrons. The maximum absolute atomic E-state index is 12.2. The summed E-state index contributed by atoms with van der Waals surface area (Å²) in [6.07, 6.45) is 0.739. The van der Waals surface area contributed by atoms with Gasteiger partial charge in [0.15, 0.2) is 0 Å². The molecule has 2 aromatic rings. The summed E-state index contributed by atoms with van der Waals surface area (Å²) in [5.41, 5.74) is 1.09. The Morgan fingerprint density at radius 2 is 1.91 bits per heavy atom. The Hall–Kier alpha value is -2.01. The van der Waals surface area contributed by atoms with Gasteiger partial charge in [0.25, 0.3) is 0 Å². The summed E-state index contributed by atoms with van der Waals surface area (Å²) in [6, 6.07) is 13.5. The average molecular weight is 329 g/mol. The number of rotatable bonds is 4. The quantitative estimate of drug-likeness (QED) is 0.848. The van der Waals surface area contributed by atoms with E-state index < -0.39 is 12.0 Å². The molecule has 1 aliphatic rings. The van der Waals surface area contributed by atoms with Crippen LogP contribution >= 0.6 is 12.6 Å². The zero-order chi connectivity index (χ0) is 16.4. The summed E-state index contributed by atoms with van der Waals surface area (Å²) in [6.45, 7) is 0.460. The fraction of sp³-hybridized carbons (Fsp3) is 0.333.